The van der Waals surface area contributed by atoms with E-state index >= 15 is 0 Å². The van der Waals surface area contributed by atoms with E-state index in [1.54, 1.807) is 0 Å². The monoisotopic (exact) mass is 301 g/mol. The Bertz CT molecular complexity index is 349. The molecule has 80 valence electrons. The SMILES string of the molecule is CC(=O)Nc1ccc([As]2SCCS2)cc1. The zero-order valence-corrected chi connectivity index (χ0v) is 11.9. The normalized spacial score (nSPS) is 16.6. The summed E-state index contributed by atoms with van der Waals surface area (Å²) < 4.78 is 1.49. The maximum absolute atomic E-state index is 10.8. The van der Waals surface area contributed by atoms with Gasteiger partial charge in [-0.25, -0.2) is 0 Å². The second kappa shape index (κ2) is 5.33. The number of amides is 1. The van der Waals surface area contributed by atoms with Crippen LogP contribution in [0.1, 0.15) is 6.92 Å². The van der Waals surface area contributed by atoms with Crippen molar-refractivity contribution < 1.29 is 4.79 Å². The molecule has 1 aliphatic heterocycles. The van der Waals surface area contributed by atoms with Gasteiger partial charge in [0.25, 0.3) is 0 Å². The minimum atomic E-state index is -0.843. The number of benzene rings is 1. The summed E-state index contributed by atoms with van der Waals surface area (Å²) in [6.07, 6.45) is 0. The van der Waals surface area contributed by atoms with Gasteiger partial charge in [0.05, 0.1) is 0 Å². The van der Waals surface area contributed by atoms with E-state index in [-0.39, 0.29) is 5.91 Å². The summed E-state index contributed by atoms with van der Waals surface area (Å²) in [6, 6.07) is 8.34. The van der Waals surface area contributed by atoms with Crippen molar-refractivity contribution in [2.75, 3.05) is 16.8 Å². The molecule has 0 radical (unpaired) electrons. The Hall–Kier alpha value is -0.0516. The Morgan fingerprint density at radius 3 is 2.40 bits per heavy atom. The molecule has 1 saturated heterocycles. The summed E-state index contributed by atoms with van der Waals surface area (Å²) in [6.45, 7) is 1.53. The first-order valence-corrected chi connectivity index (χ1v) is 12.1. The third kappa shape index (κ3) is 3.20. The molecule has 0 bridgehead atoms. The van der Waals surface area contributed by atoms with E-state index in [1.807, 2.05) is 12.1 Å². The standard InChI is InChI=1S/C10H12AsNOS2/c1-8(13)12-10-4-2-9(3-5-10)11-14-6-7-15-11/h2-5H,6-7H2,1H3,(H,12,13). The maximum atomic E-state index is 10.8. The molecule has 2 nitrogen and oxygen atoms in total. The summed E-state index contributed by atoms with van der Waals surface area (Å²) in [4.78, 5) is 10.8. The van der Waals surface area contributed by atoms with E-state index in [0.717, 1.165) is 5.69 Å². The van der Waals surface area contributed by atoms with Gasteiger partial charge in [0.1, 0.15) is 0 Å². The third-order valence-electron chi connectivity index (χ3n) is 1.90. The van der Waals surface area contributed by atoms with E-state index < -0.39 is 12.3 Å². The van der Waals surface area contributed by atoms with Crippen LogP contribution in [0, 0.1) is 0 Å². The number of rotatable bonds is 2. The quantitative estimate of drug-likeness (QED) is 0.845. The van der Waals surface area contributed by atoms with E-state index in [4.69, 9.17) is 0 Å². The van der Waals surface area contributed by atoms with E-state index in [0.29, 0.717) is 0 Å². The molecule has 5 heteroatoms. The molecule has 0 aliphatic carbocycles. The van der Waals surface area contributed by atoms with Gasteiger partial charge in [-0.2, -0.15) is 0 Å². The van der Waals surface area contributed by atoms with Crippen molar-refractivity contribution in [2.24, 2.45) is 0 Å². The van der Waals surface area contributed by atoms with Crippen LogP contribution in [-0.2, 0) is 4.79 Å². The van der Waals surface area contributed by atoms with Crippen molar-refractivity contribution in [3.63, 3.8) is 0 Å². The van der Waals surface area contributed by atoms with Crippen molar-refractivity contribution in [3.8, 4) is 0 Å². The molecule has 0 unspecified atom stereocenters. The number of carbonyl (C=O) groups is 1. The van der Waals surface area contributed by atoms with Gasteiger partial charge in [-0.05, 0) is 0 Å². The zero-order valence-electron chi connectivity index (χ0n) is 8.40. The van der Waals surface area contributed by atoms with Crippen LogP contribution < -0.4 is 9.67 Å². The second-order valence-corrected chi connectivity index (χ2v) is 14.9. The summed E-state index contributed by atoms with van der Waals surface area (Å²) in [5, 5.41) is 2.79. The number of nitrogens with one attached hydrogen (secondary N) is 1. The molecule has 0 aromatic heterocycles. The Balaban J connectivity index is 2.06. The van der Waals surface area contributed by atoms with Gasteiger partial charge < -0.3 is 0 Å². The molecule has 1 fully saturated rings. The molecule has 0 atom stereocenters. The van der Waals surface area contributed by atoms with Gasteiger partial charge in [0, 0.05) is 0 Å². The molecule has 1 heterocycles. The molecule has 15 heavy (non-hydrogen) atoms. The summed E-state index contributed by atoms with van der Waals surface area (Å²) in [7, 11) is 4.27. The molecular weight excluding hydrogens is 289 g/mol. The van der Waals surface area contributed by atoms with E-state index in [9.17, 15) is 4.79 Å². The predicted molar refractivity (Wildman–Crippen MR) is 71.0 cm³/mol. The van der Waals surface area contributed by atoms with Gasteiger partial charge in [-0.1, -0.05) is 0 Å². The van der Waals surface area contributed by atoms with Crippen molar-refractivity contribution in [3.05, 3.63) is 24.3 Å². The summed E-state index contributed by atoms with van der Waals surface area (Å²) >= 11 is -0.843. The van der Waals surface area contributed by atoms with Gasteiger partial charge in [0.2, 0.25) is 0 Å². The predicted octanol–water partition coefficient (Wildman–Crippen LogP) is 1.82. The Morgan fingerprint density at radius 2 is 1.87 bits per heavy atom. The molecule has 1 N–H and O–H groups in total. The molecule has 2 rings (SSSR count). The van der Waals surface area contributed by atoms with Crippen LogP contribution in [0.2, 0.25) is 0 Å². The van der Waals surface area contributed by atoms with Crippen LogP contribution in [0.15, 0.2) is 24.3 Å². The molecular formula is C10H12AsNOS2. The Labute approximate surface area is 101 Å². The number of carbonyl (C=O) groups excluding carboxylic acids is 1. The molecule has 1 aromatic rings. The van der Waals surface area contributed by atoms with Crippen LogP contribution in [0.25, 0.3) is 0 Å². The van der Waals surface area contributed by atoms with Crippen molar-refractivity contribution in [1.82, 2.24) is 0 Å². The Morgan fingerprint density at radius 1 is 1.27 bits per heavy atom. The van der Waals surface area contributed by atoms with Crippen LogP contribution in [0.3, 0.4) is 0 Å². The van der Waals surface area contributed by atoms with Crippen molar-refractivity contribution >= 4 is 48.3 Å². The minimum absolute atomic E-state index is 0.00905. The van der Waals surface area contributed by atoms with Gasteiger partial charge in [-0.3, -0.25) is 0 Å². The van der Waals surface area contributed by atoms with Crippen molar-refractivity contribution in [1.29, 1.82) is 0 Å². The Kier molecular flexibility index (Phi) is 4.06. The van der Waals surface area contributed by atoms with Gasteiger partial charge in [0.15, 0.2) is 0 Å². The number of hydrogen-bond acceptors (Lipinski definition) is 3. The first-order chi connectivity index (χ1) is 7.25. The molecule has 1 amide bonds. The number of anilines is 1. The first-order valence-electron chi connectivity index (χ1n) is 4.69. The second-order valence-electron chi connectivity index (χ2n) is 3.15. The van der Waals surface area contributed by atoms with E-state index in [1.165, 1.54) is 22.8 Å². The van der Waals surface area contributed by atoms with Crippen molar-refractivity contribution in [2.45, 2.75) is 6.92 Å². The zero-order chi connectivity index (χ0) is 10.7. The molecule has 1 aromatic carbocycles. The third-order valence-corrected chi connectivity index (χ3v) is 15.6. The molecule has 0 spiro atoms. The number of hydrogen-bond donors (Lipinski definition) is 1. The average Bonchev–Trinajstić information content (AvgIpc) is 2.71. The van der Waals surface area contributed by atoms with Crippen LogP contribution in [0.5, 0.6) is 0 Å². The van der Waals surface area contributed by atoms with Crippen LogP contribution in [-0.4, -0.2) is 29.8 Å². The summed E-state index contributed by atoms with van der Waals surface area (Å²) in [5.74, 6) is 2.60. The summed E-state index contributed by atoms with van der Waals surface area (Å²) in [5.41, 5.74) is 0.898. The topological polar surface area (TPSA) is 29.1 Å². The van der Waals surface area contributed by atoms with Gasteiger partial charge in [-0.15, -0.1) is 0 Å². The fourth-order valence-corrected chi connectivity index (χ4v) is 15.4. The molecule has 0 saturated carbocycles. The van der Waals surface area contributed by atoms with Crippen LogP contribution >= 0.6 is 20.0 Å². The first kappa shape index (κ1) is 11.4. The fraction of sp³-hybridized carbons (Fsp3) is 0.300. The fourth-order valence-electron chi connectivity index (χ4n) is 1.30. The molecule has 1 aliphatic rings. The van der Waals surface area contributed by atoms with E-state index in [2.05, 4.69) is 37.5 Å². The van der Waals surface area contributed by atoms with Gasteiger partial charge >= 0.3 is 101 Å². The average molecular weight is 301 g/mol. The van der Waals surface area contributed by atoms with Crippen LogP contribution in [0.4, 0.5) is 5.69 Å².